The van der Waals surface area contributed by atoms with E-state index >= 15 is 0 Å². The van der Waals surface area contributed by atoms with Gasteiger partial charge in [0, 0.05) is 11.6 Å². The first-order valence-corrected chi connectivity index (χ1v) is 5.14. The molecule has 15 heavy (non-hydrogen) atoms. The third-order valence-corrected chi connectivity index (χ3v) is 2.53. The summed E-state index contributed by atoms with van der Waals surface area (Å²) >= 11 is 5.82. The summed E-state index contributed by atoms with van der Waals surface area (Å²) in [5.74, 6) is 0. The van der Waals surface area contributed by atoms with E-state index in [9.17, 15) is 0 Å². The first-order chi connectivity index (χ1) is 7.29. The van der Waals surface area contributed by atoms with E-state index < -0.39 is 0 Å². The molecule has 2 N–H and O–H groups in total. The van der Waals surface area contributed by atoms with Crippen LogP contribution < -0.4 is 5.73 Å². The maximum atomic E-state index is 5.82. The van der Waals surface area contributed by atoms with E-state index in [4.69, 9.17) is 17.3 Å². The number of halogens is 1. The molecule has 2 heteroatoms. The van der Waals surface area contributed by atoms with Gasteiger partial charge in [-0.3, -0.25) is 0 Å². The average Bonchev–Trinajstić information content (AvgIpc) is 2.30. The summed E-state index contributed by atoms with van der Waals surface area (Å²) in [7, 11) is 0. The second-order valence-electron chi connectivity index (χ2n) is 3.31. The van der Waals surface area contributed by atoms with Crippen molar-refractivity contribution in [3.05, 3.63) is 59.1 Å². The Morgan fingerprint density at radius 1 is 1.00 bits per heavy atom. The van der Waals surface area contributed by atoms with Crippen molar-refractivity contribution in [2.24, 2.45) is 5.73 Å². The molecular weight excluding hydrogens is 206 g/mol. The van der Waals surface area contributed by atoms with Crippen LogP contribution in [0.5, 0.6) is 0 Å². The monoisotopic (exact) mass is 216 g/mol. The fourth-order valence-electron chi connectivity index (χ4n) is 1.41. The minimum Gasteiger partial charge on any atom is -0.326 e. The molecule has 0 fully saturated rings. The van der Waals surface area contributed by atoms with E-state index in [2.05, 4.69) is 6.07 Å². The largest absolute Gasteiger partial charge is 0.326 e. The fraction of sp³-hybridized carbons (Fsp3) is 0.0769. The van der Waals surface area contributed by atoms with E-state index in [0.29, 0.717) is 6.54 Å². The molecule has 2 aromatic carbocycles. The molecule has 2 rings (SSSR count). The Balaban J connectivity index is 2.33. The summed E-state index contributed by atoms with van der Waals surface area (Å²) in [5.41, 5.74) is 8.80. The Hall–Kier alpha value is -1.31. The standard InChI is InChI=1S/C13H11ClN/c14-13-7-5-12(6-8-13)11-3-1-10(9-15)2-4-11/h1,3-8H,9,15H2. The fourth-order valence-corrected chi connectivity index (χ4v) is 1.53. The van der Waals surface area contributed by atoms with Gasteiger partial charge in [-0.2, -0.15) is 0 Å². The van der Waals surface area contributed by atoms with Gasteiger partial charge in [0.05, 0.1) is 0 Å². The molecule has 0 amide bonds. The highest BCUT2D eigenvalue weighted by Gasteiger charge is 1.97. The van der Waals surface area contributed by atoms with Crippen LogP contribution in [0.3, 0.4) is 0 Å². The summed E-state index contributed by atoms with van der Waals surface area (Å²) in [6.07, 6.45) is 0. The van der Waals surface area contributed by atoms with Gasteiger partial charge in [-0.05, 0) is 41.0 Å². The molecule has 0 atom stereocenters. The Morgan fingerprint density at radius 2 is 1.67 bits per heavy atom. The average molecular weight is 217 g/mol. The highest BCUT2D eigenvalue weighted by Crippen LogP contribution is 2.21. The molecule has 75 valence electrons. The van der Waals surface area contributed by atoms with Gasteiger partial charge in [0.15, 0.2) is 0 Å². The third kappa shape index (κ3) is 2.38. The van der Waals surface area contributed by atoms with Gasteiger partial charge in [0.2, 0.25) is 0 Å². The lowest BCUT2D eigenvalue weighted by Crippen LogP contribution is -1.95. The number of nitrogens with two attached hydrogens (primary N) is 1. The van der Waals surface area contributed by atoms with Crippen LogP contribution in [-0.4, -0.2) is 0 Å². The molecule has 1 nitrogen and oxygen atoms in total. The minimum atomic E-state index is 0.529. The Morgan fingerprint density at radius 3 is 2.20 bits per heavy atom. The van der Waals surface area contributed by atoms with Gasteiger partial charge in [0.1, 0.15) is 0 Å². The van der Waals surface area contributed by atoms with Gasteiger partial charge < -0.3 is 5.73 Å². The SMILES string of the molecule is NCc1[c]cc(-c2ccc(Cl)cc2)cc1. The van der Waals surface area contributed by atoms with Crippen molar-refractivity contribution in [1.29, 1.82) is 0 Å². The molecule has 0 aliphatic rings. The van der Waals surface area contributed by atoms with E-state index in [0.717, 1.165) is 21.7 Å². The predicted molar refractivity (Wildman–Crippen MR) is 63.6 cm³/mol. The molecule has 0 spiro atoms. The minimum absolute atomic E-state index is 0.529. The van der Waals surface area contributed by atoms with Crippen LogP contribution in [0.1, 0.15) is 5.56 Å². The van der Waals surface area contributed by atoms with Crippen LogP contribution in [0.15, 0.2) is 42.5 Å². The van der Waals surface area contributed by atoms with Crippen LogP contribution in [0.2, 0.25) is 5.02 Å². The van der Waals surface area contributed by atoms with Crippen molar-refractivity contribution in [2.45, 2.75) is 6.54 Å². The zero-order valence-corrected chi connectivity index (χ0v) is 8.96. The molecule has 0 bridgehead atoms. The van der Waals surface area contributed by atoms with Gasteiger partial charge in [-0.1, -0.05) is 35.9 Å². The van der Waals surface area contributed by atoms with Crippen molar-refractivity contribution >= 4 is 11.6 Å². The van der Waals surface area contributed by atoms with E-state index in [1.807, 2.05) is 42.5 Å². The predicted octanol–water partition coefficient (Wildman–Crippen LogP) is 3.27. The number of benzene rings is 2. The van der Waals surface area contributed by atoms with E-state index in [-0.39, 0.29) is 0 Å². The number of rotatable bonds is 2. The summed E-state index contributed by atoms with van der Waals surface area (Å²) in [6.45, 7) is 0.529. The summed E-state index contributed by atoms with van der Waals surface area (Å²) in [4.78, 5) is 0. The van der Waals surface area contributed by atoms with Crippen LogP contribution in [0.4, 0.5) is 0 Å². The normalized spacial score (nSPS) is 10.3. The summed E-state index contributed by atoms with van der Waals surface area (Å²) in [6, 6.07) is 16.9. The molecule has 0 aliphatic heterocycles. The van der Waals surface area contributed by atoms with Crippen molar-refractivity contribution in [3.63, 3.8) is 0 Å². The van der Waals surface area contributed by atoms with Crippen molar-refractivity contribution < 1.29 is 0 Å². The maximum absolute atomic E-state index is 5.82. The number of hydrogen-bond donors (Lipinski definition) is 1. The highest BCUT2D eigenvalue weighted by molar-refractivity contribution is 6.30. The molecule has 0 unspecified atom stereocenters. The molecule has 0 aliphatic carbocycles. The van der Waals surface area contributed by atoms with E-state index in [1.54, 1.807) is 0 Å². The third-order valence-electron chi connectivity index (χ3n) is 2.27. The lowest BCUT2D eigenvalue weighted by Gasteiger charge is -2.02. The zero-order valence-electron chi connectivity index (χ0n) is 8.20. The smallest absolute Gasteiger partial charge is 0.0406 e. The second-order valence-corrected chi connectivity index (χ2v) is 3.75. The zero-order chi connectivity index (χ0) is 10.7. The summed E-state index contributed by atoms with van der Waals surface area (Å²) in [5, 5.41) is 0.751. The van der Waals surface area contributed by atoms with Gasteiger partial charge in [-0.25, -0.2) is 0 Å². The van der Waals surface area contributed by atoms with Crippen molar-refractivity contribution in [2.75, 3.05) is 0 Å². The lowest BCUT2D eigenvalue weighted by atomic mass is 10.0. The van der Waals surface area contributed by atoms with Crippen LogP contribution >= 0.6 is 11.6 Å². The lowest BCUT2D eigenvalue weighted by molar-refractivity contribution is 1.07. The van der Waals surface area contributed by atoms with Gasteiger partial charge >= 0.3 is 0 Å². The molecule has 0 aromatic heterocycles. The summed E-state index contributed by atoms with van der Waals surface area (Å²) < 4.78 is 0. The maximum Gasteiger partial charge on any atom is 0.0406 e. The molecule has 0 saturated heterocycles. The second kappa shape index (κ2) is 4.47. The number of hydrogen-bond acceptors (Lipinski definition) is 1. The first kappa shape index (κ1) is 10.2. The Kier molecular flexibility index (Phi) is 3.05. The highest BCUT2D eigenvalue weighted by atomic mass is 35.5. The first-order valence-electron chi connectivity index (χ1n) is 4.76. The molecular formula is C13H11ClN. The van der Waals surface area contributed by atoms with E-state index in [1.165, 1.54) is 0 Å². The Labute approximate surface area is 94.5 Å². The van der Waals surface area contributed by atoms with Crippen molar-refractivity contribution in [3.8, 4) is 11.1 Å². The van der Waals surface area contributed by atoms with Crippen molar-refractivity contribution in [1.82, 2.24) is 0 Å². The molecule has 1 radical (unpaired) electrons. The van der Waals surface area contributed by atoms with Crippen LogP contribution in [0.25, 0.3) is 11.1 Å². The quantitative estimate of drug-likeness (QED) is 0.820. The van der Waals surface area contributed by atoms with Gasteiger partial charge in [0.25, 0.3) is 0 Å². The molecule has 0 heterocycles. The molecule has 0 saturated carbocycles. The van der Waals surface area contributed by atoms with Crippen LogP contribution in [0, 0.1) is 6.07 Å². The van der Waals surface area contributed by atoms with Crippen LogP contribution in [-0.2, 0) is 6.54 Å². The van der Waals surface area contributed by atoms with Gasteiger partial charge in [-0.15, -0.1) is 0 Å². The Bertz CT molecular complexity index is 431. The topological polar surface area (TPSA) is 26.0 Å². The molecule has 2 aromatic rings.